The van der Waals surface area contributed by atoms with E-state index in [4.69, 9.17) is 4.74 Å². The Labute approximate surface area is 88.4 Å². The number of aromatic nitrogens is 3. The van der Waals surface area contributed by atoms with Crippen molar-refractivity contribution in [1.29, 1.82) is 0 Å². The number of aromatic amines is 1. The Morgan fingerprint density at radius 3 is 2.87 bits per heavy atom. The molecule has 0 bridgehead atoms. The fourth-order valence-corrected chi connectivity index (χ4v) is 1.16. The van der Waals surface area contributed by atoms with Crippen LogP contribution in [0.3, 0.4) is 0 Å². The van der Waals surface area contributed by atoms with Gasteiger partial charge in [-0.05, 0) is 13.3 Å². The molecule has 6 heteroatoms. The van der Waals surface area contributed by atoms with Crippen molar-refractivity contribution in [2.75, 3.05) is 13.7 Å². The number of carbonyl (C=O) groups is 1. The number of hydrogen-bond acceptors (Lipinski definition) is 4. The van der Waals surface area contributed by atoms with Crippen molar-refractivity contribution in [3.63, 3.8) is 0 Å². The van der Waals surface area contributed by atoms with E-state index in [1.165, 1.54) is 0 Å². The zero-order valence-electron chi connectivity index (χ0n) is 9.20. The van der Waals surface area contributed by atoms with Gasteiger partial charge in [0.05, 0.1) is 12.6 Å². The van der Waals surface area contributed by atoms with Crippen molar-refractivity contribution in [3.8, 4) is 0 Å². The third kappa shape index (κ3) is 3.32. The lowest BCUT2D eigenvalue weighted by molar-refractivity contribution is 0.0884. The highest BCUT2D eigenvalue weighted by atomic mass is 16.5. The first-order valence-electron chi connectivity index (χ1n) is 4.86. The average molecular weight is 212 g/mol. The summed E-state index contributed by atoms with van der Waals surface area (Å²) in [6.07, 6.45) is 0.809. The molecule has 1 amide bonds. The van der Waals surface area contributed by atoms with Crippen molar-refractivity contribution in [2.24, 2.45) is 0 Å². The molecular weight excluding hydrogens is 196 g/mol. The molecule has 0 radical (unpaired) electrons. The Morgan fingerprint density at radius 1 is 1.67 bits per heavy atom. The number of hydrogen-bond donors (Lipinski definition) is 2. The van der Waals surface area contributed by atoms with Crippen LogP contribution >= 0.6 is 0 Å². The van der Waals surface area contributed by atoms with Gasteiger partial charge in [0.15, 0.2) is 0 Å². The maximum atomic E-state index is 11.6. The second-order valence-electron chi connectivity index (χ2n) is 3.28. The molecule has 0 aliphatic rings. The zero-order chi connectivity index (χ0) is 11.3. The molecule has 15 heavy (non-hydrogen) atoms. The molecule has 0 aromatic carbocycles. The van der Waals surface area contributed by atoms with E-state index in [-0.39, 0.29) is 17.8 Å². The molecular formula is C9H16N4O2. The van der Waals surface area contributed by atoms with Gasteiger partial charge >= 0.3 is 0 Å². The van der Waals surface area contributed by atoms with E-state index in [9.17, 15) is 4.79 Å². The molecule has 1 atom stereocenters. The van der Waals surface area contributed by atoms with Gasteiger partial charge in [-0.15, -0.1) is 5.10 Å². The van der Waals surface area contributed by atoms with Crippen LogP contribution in [0.1, 0.15) is 29.8 Å². The molecule has 0 aliphatic carbocycles. The Kier molecular flexibility index (Phi) is 4.23. The first-order valence-corrected chi connectivity index (χ1v) is 4.86. The first kappa shape index (κ1) is 11.6. The number of ether oxygens (including phenoxy) is 1. The summed E-state index contributed by atoms with van der Waals surface area (Å²) < 4.78 is 4.97. The summed E-state index contributed by atoms with van der Waals surface area (Å²) in [7, 11) is 1.60. The number of carbonyl (C=O) groups excluding carboxylic acids is 1. The van der Waals surface area contributed by atoms with Crippen LogP contribution in [0.2, 0.25) is 0 Å². The van der Waals surface area contributed by atoms with Gasteiger partial charge in [-0.2, -0.15) is 0 Å². The normalized spacial score (nSPS) is 12.5. The summed E-state index contributed by atoms with van der Waals surface area (Å²) in [5.74, 6) is 0.519. The molecule has 0 spiro atoms. The Hall–Kier alpha value is -1.43. The number of amides is 1. The second kappa shape index (κ2) is 5.45. The smallest absolute Gasteiger partial charge is 0.291 e. The predicted octanol–water partition coefficient (Wildman–Crippen LogP) is 0.268. The zero-order valence-corrected chi connectivity index (χ0v) is 9.20. The number of nitrogens with zero attached hydrogens (tertiary/aromatic N) is 2. The third-order valence-electron chi connectivity index (χ3n) is 2.00. The summed E-state index contributed by atoms with van der Waals surface area (Å²) in [6.45, 7) is 4.22. The number of methoxy groups -OCH3 is 1. The lowest BCUT2D eigenvalue weighted by atomic mass is 10.2. The second-order valence-corrected chi connectivity index (χ2v) is 3.28. The molecule has 1 aromatic rings. The maximum absolute atomic E-state index is 11.6. The van der Waals surface area contributed by atoms with E-state index in [2.05, 4.69) is 20.5 Å². The minimum atomic E-state index is -0.275. The molecule has 0 aliphatic heterocycles. The highest BCUT2D eigenvalue weighted by Crippen LogP contribution is 1.95. The Balaban J connectivity index is 2.54. The summed E-state index contributed by atoms with van der Waals surface area (Å²) in [4.78, 5) is 15.5. The van der Waals surface area contributed by atoms with E-state index < -0.39 is 0 Å². The average Bonchev–Trinajstić information content (AvgIpc) is 2.64. The van der Waals surface area contributed by atoms with Crippen LogP contribution in [0.4, 0.5) is 0 Å². The summed E-state index contributed by atoms with van der Waals surface area (Å²) in [5.41, 5.74) is 0. The van der Waals surface area contributed by atoms with Crippen molar-refractivity contribution < 1.29 is 9.53 Å². The molecule has 0 saturated heterocycles. The molecule has 1 rings (SSSR count). The molecule has 2 N–H and O–H groups in total. The van der Waals surface area contributed by atoms with E-state index in [1.54, 1.807) is 14.0 Å². The Bertz CT molecular complexity index is 324. The number of H-pyrrole nitrogens is 1. The van der Waals surface area contributed by atoms with Crippen LogP contribution in [-0.4, -0.2) is 40.8 Å². The van der Waals surface area contributed by atoms with Crippen LogP contribution in [0.25, 0.3) is 0 Å². The molecule has 1 aromatic heterocycles. The summed E-state index contributed by atoms with van der Waals surface area (Å²) in [6, 6.07) is 0.00121. The molecule has 6 nitrogen and oxygen atoms in total. The number of rotatable bonds is 5. The third-order valence-corrected chi connectivity index (χ3v) is 2.00. The van der Waals surface area contributed by atoms with Crippen molar-refractivity contribution >= 4 is 5.91 Å². The van der Waals surface area contributed by atoms with Gasteiger partial charge in [0, 0.05) is 7.11 Å². The van der Waals surface area contributed by atoms with Crippen molar-refractivity contribution in [3.05, 3.63) is 11.6 Å². The lowest BCUT2D eigenvalue weighted by Crippen LogP contribution is -2.38. The van der Waals surface area contributed by atoms with Gasteiger partial charge in [0.2, 0.25) is 5.82 Å². The highest BCUT2D eigenvalue weighted by Gasteiger charge is 2.15. The number of aryl methyl sites for hydroxylation is 1. The van der Waals surface area contributed by atoms with Gasteiger partial charge in [-0.25, -0.2) is 4.98 Å². The van der Waals surface area contributed by atoms with Crippen molar-refractivity contribution in [2.45, 2.75) is 26.3 Å². The van der Waals surface area contributed by atoms with Crippen LogP contribution in [0, 0.1) is 6.92 Å². The Morgan fingerprint density at radius 2 is 2.40 bits per heavy atom. The molecule has 1 unspecified atom stereocenters. The van der Waals surface area contributed by atoms with Crippen LogP contribution in [0.5, 0.6) is 0 Å². The molecule has 0 fully saturated rings. The van der Waals surface area contributed by atoms with Gasteiger partial charge in [-0.1, -0.05) is 6.92 Å². The van der Waals surface area contributed by atoms with Gasteiger partial charge < -0.3 is 10.1 Å². The summed E-state index contributed by atoms with van der Waals surface area (Å²) >= 11 is 0. The fourth-order valence-electron chi connectivity index (χ4n) is 1.16. The minimum Gasteiger partial charge on any atom is -0.383 e. The van der Waals surface area contributed by atoms with Crippen LogP contribution < -0.4 is 5.32 Å². The van der Waals surface area contributed by atoms with Gasteiger partial charge in [0.25, 0.3) is 5.91 Å². The van der Waals surface area contributed by atoms with E-state index in [0.29, 0.717) is 12.4 Å². The largest absolute Gasteiger partial charge is 0.383 e. The van der Waals surface area contributed by atoms with E-state index in [1.807, 2.05) is 6.92 Å². The van der Waals surface area contributed by atoms with Crippen molar-refractivity contribution in [1.82, 2.24) is 20.5 Å². The molecule has 1 heterocycles. The van der Waals surface area contributed by atoms with E-state index >= 15 is 0 Å². The first-order chi connectivity index (χ1) is 7.17. The predicted molar refractivity (Wildman–Crippen MR) is 54.5 cm³/mol. The highest BCUT2D eigenvalue weighted by molar-refractivity contribution is 5.90. The monoisotopic (exact) mass is 212 g/mol. The maximum Gasteiger partial charge on any atom is 0.291 e. The van der Waals surface area contributed by atoms with Crippen LogP contribution in [0.15, 0.2) is 0 Å². The van der Waals surface area contributed by atoms with Gasteiger partial charge in [-0.3, -0.25) is 9.89 Å². The van der Waals surface area contributed by atoms with E-state index in [0.717, 1.165) is 6.42 Å². The minimum absolute atomic E-state index is 0.00121. The topological polar surface area (TPSA) is 79.9 Å². The quantitative estimate of drug-likeness (QED) is 0.734. The SMILES string of the molecule is CCC(COC)NC(=O)c1n[nH]c(C)n1. The van der Waals surface area contributed by atoms with Gasteiger partial charge in [0.1, 0.15) is 5.82 Å². The standard InChI is InChI=1S/C9H16N4O2/c1-4-7(5-15-3)11-9(14)8-10-6(2)12-13-8/h7H,4-5H2,1-3H3,(H,11,14)(H,10,12,13). The lowest BCUT2D eigenvalue weighted by Gasteiger charge is -2.14. The number of nitrogens with one attached hydrogen (secondary N) is 2. The fraction of sp³-hybridized carbons (Fsp3) is 0.667. The summed E-state index contributed by atoms with van der Waals surface area (Å²) in [5, 5.41) is 9.18. The van der Waals surface area contributed by atoms with Crippen LogP contribution in [-0.2, 0) is 4.74 Å². The molecule has 84 valence electrons. The molecule has 0 saturated carbocycles.